The molecule has 2 aromatic rings. The van der Waals surface area contributed by atoms with E-state index in [1.165, 1.54) is 22.9 Å². The molecule has 1 aromatic carbocycles. The molecule has 0 saturated carbocycles. The van der Waals surface area contributed by atoms with Crippen LogP contribution in [-0.2, 0) is 6.42 Å². The standard InChI is InChI=1S/C35H47NO3/c1-24(2)13-9-14-25(3)15-10-16-26(4)17-11-20-35(8)21-19-31-29(7)32(27(5)28(6)33(31)39-35)38-34(37)30-18-12-22-36-23-30/h12-13,15,17-18,22-23H,9-11,14,16,19-21H2,1-8H3/b25-15+,26-17+/t35-/m1/s1. The molecule has 210 valence electrons. The van der Waals surface area contributed by atoms with Crippen LogP contribution >= 0.6 is 0 Å². The second-order valence-corrected chi connectivity index (χ2v) is 11.7. The molecule has 1 atom stereocenters. The van der Waals surface area contributed by atoms with E-state index in [1.807, 2.05) is 13.8 Å². The van der Waals surface area contributed by atoms with Crippen LogP contribution in [0.5, 0.6) is 11.5 Å². The zero-order valence-electron chi connectivity index (χ0n) is 25.4. The van der Waals surface area contributed by atoms with E-state index in [-0.39, 0.29) is 11.6 Å². The van der Waals surface area contributed by atoms with Crippen molar-refractivity contribution in [2.24, 2.45) is 0 Å². The van der Waals surface area contributed by atoms with Crippen molar-refractivity contribution in [1.82, 2.24) is 4.98 Å². The Morgan fingerprint density at radius 3 is 2.28 bits per heavy atom. The third kappa shape index (κ3) is 8.42. The van der Waals surface area contributed by atoms with Gasteiger partial charge in [-0.2, -0.15) is 0 Å². The lowest BCUT2D eigenvalue weighted by Crippen LogP contribution is -2.37. The highest BCUT2D eigenvalue weighted by molar-refractivity contribution is 5.91. The summed E-state index contributed by atoms with van der Waals surface area (Å²) in [6.45, 7) is 17.2. The van der Waals surface area contributed by atoms with E-state index in [0.717, 1.165) is 79.4 Å². The Bertz CT molecular complexity index is 1250. The number of ether oxygens (including phenoxy) is 2. The van der Waals surface area contributed by atoms with Crippen LogP contribution in [0.15, 0.2) is 59.5 Å². The lowest BCUT2D eigenvalue weighted by molar-refractivity contribution is 0.0554. The van der Waals surface area contributed by atoms with Gasteiger partial charge in [0.2, 0.25) is 0 Å². The number of allylic oxidation sites excluding steroid dienone is 6. The fraction of sp³-hybridized carbons (Fsp3) is 0.486. The lowest BCUT2D eigenvalue weighted by atomic mass is 9.85. The SMILES string of the molecule is CC(C)=CCC/C(C)=C/CC/C(C)=C/CC[C@]1(C)CCc2c(C)c(OC(=O)c3cccnc3)c(C)c(C)c2O1. The number of nitrogens with zero attached hydrogens (tertiary/aromatic N) is 1. The first-order valence-electron chi connectivity index (χ1n) is 14.4. The largest absolute Gasteiger partial charge is 0.487 e. The van der Waals surface area contributed by atoms with Gasteiger partial charge in [-0.25, -0.2) is 4.79 Å². The van der Waals surface area contributed by atoms with Crippen molar-refractivity contribution in [3.63, 3.8) is 0 Å². The van der Waals surface area contributed by atoms with Gasteiger partial charge in [-0.15, -0.1) is 0 Å². The molecule has 4 heteroatoms. The van der Waals surface area contributed by atoms with E-state index >= 15 is 0 Å². The number of rotatable bonds is 11. The summed E-state index contributed by atoms with van der Waals surface area (Å²) < 4.78 is 12.6. The van der Waals surface area contributed by atoms with E-state index in [9.17, 15) is 4.79 Å². The summed E-state index contributed by atoms with van der Waals surface area (Å²) in [6.07, 6.45) is 18.6. The van der Waals surface area contributed by atoms with Crippen molar-refractivity contribution in [1.29, 1.82) is 0 Å². The molecule has 2 heterocycles. The smallest absolute Gasteiger partial charge is 0.345 e. The van der Waals surface area contributed by atoms with Gasteiger partial charge in [0.25, 0.3) is 0 Å². The van der Waals surface area contributed by atoms with Gasteiger partial charge in [0, 0.05) is 18.0 Å². The Hall–Kier alpha value is -3.14. The monoisotopic (exact) mass is 529 g/mol. The van der Waals surface area contributed by atoms with E-state index in [0.29, 0.717) is 11.3 Å². The number of pyridine rings is 1. The number of hydrogen-bond acceptors (Lipinski definition) is 4. The molecule has 0 spiro atoms. The number of esters is 1. The van der Waals surface area contributed by atoms with Crippen LogP contribution in [0.3, 0.4) is 0 Å². The number of hydrogen-bond donors (Lipinski definition) is 0. The lowest BCUT2D eigenvalue weighted by Gasteiger charge is -2.38. The predicted octanol–water partition coefficient (Wildman–Crippen LogP) is 9.51. The highest BCUT2D eigenvalue weighted by atomic mass is 16.5. The third-order valence-electron chi connectivity index (χ3n) is 7.94. The predicted molar refractivity (Wildman–Crippen MR) is 162 cm³/mol. The van der Waals surface area contributed by atoms with Gasteiger partial charge in [-0.05, 0) is 136 Å². The van der Waals surface area contributed by atoms with Crippen LogP contribution in [-0.4, -0.2) is 16.6 Å². The van der Waals surface area contributed by atoms with Crippen molar-refractivity contribution < 1.29 is 14.3 Å². The average molecular weight is 530 g/mol. The molecule has 0 aliphatic carbocycles. The van der Waals surface area contributed by atoms with Crippen molar-refractivity contribution in [2.75, 3.05) is 0 Å². The minimum absolute atomic E-state index is 0.206. The van der Waals surface area contributed by atoms with Crippen LogP contribution in [0.2, 0.25) is 0 Å². The summed E-state index contributed by atoms with van der Waals surface area (Å²) in [6, 6.07) is 3.47. The van der Waals surface area contributed by atoms with Crippen LogP contribution in [0.1, 0.15) is 112 Å². The molecule has 39 heavy (non-hydrogen) atoms. The highest BCUT2D eigenvalue weighted by Crippen LogP contribution is 2.45. The summed E-state index contributed by atoms with van der Waals surface area (Å²) in [5, 5.41) is 0. The van der Waals surface area contributed by atoms with Crippen LogP contribution in [0, 0.1) is 20.8 Å². The maximum absolute atomic E-state index is 12.7. The maximum atomic E-state index is 12.7. The Labute approximate surface area is 236 Å². The van der Waals surface area contributed by atoms with E-state index in [2.05, 4.69) is 64.8 Å². The highest BCUT2D eigenvalue weighted by Gasteiger charge is 2.34. The van der Waals surface area contributed by atoms with Crippen molar-refractivity contribution in [3.05, 3.63) is 87.3 Å². The first-order valence-corrected chi connectivity index (χ1v) is 14.4. The molecule has 1 aromatic heterocycles. The van der Waals surface area contributed by atoms with Crippen LogP contribution in [0.25, 0.3) is 0 Å². The second-order valence-electron chi connectivity index (χ2n) is 11.7. The quantitative estimate of drug-likeness (QED) is 0.165. The molecule has 4 nitrogen and oxygen atoms in total. The summed E-state index contributed by atoms with van der Waals surface area (Å²) in [5.41, 5.74) is 8.72. The third-order valence-corrected chi connectivity index (χ3v) is 7.94. The van der Waals surface area contributed by atoms with Gasteiger partial charge < -0.3 is 9.47 Å². The average Bonchev–Trinajstić information content (AvgIpc) is 2.90. The summed E-state index contributed by atoms with van der Waals surface area (Å²) >= 11 is 0. The molecule has 1 aliphatic heterocycles. The van der Waals surface area contributed by atoms with Gasteiger partial charge >= 0.3 is 5.97 Å². The molecule has 0 fully saturated rings. The Balaban J connectivity index is 1.60. The topological polar surface area (TPSA) is 48.4 Å². The molecule has 0 bridgehead atoms. The number of benzene rings is 1. The molecule has 0 radical (unpaired) electrons. The zero-order chi connectivity index (χ0) is 28.6. The first-order chi connectivity index (χ1) is 18.5. The second kappa shape index (κ2) is 13.8. The molecule has 0 N–H and O–H groups in total. The Morgan fingerprint density at radius 2 is 1.64 bits per heavy atom. The first kappa shape index (κ1) is 30.4. The normalized spacial score (nSPS) is 17.3. The van der Waals surface area contributed by atoms with E-state index < -0.39 is 0 Å². The summed E-state index contributed by atoms with van der Waals surface area (Å²) in [5.74, 6) is 1.23. The van der Waals surface area contributed by atoms with Gasteiger partial charge in [0.1, 0.15) is 17.1 Å². The van der Waals surface area contributed by atoms with Crippen molar-refractivity contribution in [2.45, 2.75) is 112 Å². The Kier molecular flexibility index (Phi) is 10.7. The molecule has 0 unspecified atom stereocenters. The number of fused-ring (bicyclic) bond motifs is 1. The summed E-state index contributed by atoms with van der Waals surface area (Å²) in [4.78, 5) is 16.8. The van der Waals surface area contributed by atoms with Crippen molar-refractivity contribution in [3.8, 4) is 11.5 Å². The van der Waals surface area contributed by atoms with E-state index in [1.54, 1.807) is 18.3 Å². The van der Waals surface area contributed by atoms with Crippen LogP contribution < -0.4 is 9.47 Å². The van der Waals surface area contributed by atoms with Gasteiger partial charge in [-0.1, -0.05) is 34.9 Å². The van der Waals surface area contributed by atoms with Crippen LogP contribution in [0.4, 0.5) is 0 Å². The number of carbonyl (C=O) groups is 1. The molecule has 3 rings (SSSR count). The van der Waals surface area contributed by atoms with E-state index in [4.69, 9.17) is 9.47 Å². The molecule has 0 amide bonds. The molecule has 0 saturated heterocycles. The van der Waals surface area contributed by atoms with Gasteiger partial charge in [0.05, 0.1) is 5.56 Å². The fourth-order valence-corrected chi connectivity index (χ4v) is 5.21. The number of carbonyl (C=O) groups excluding carboxylic acids is 1. The summed E-state index contributed by atoms with van der Waals surface area (Å²) in [7, 11) is 0. The van der Waals surface area contributed by atoms with Gasteiger partial charge in [0.15, 0.2) is 0 Å². The zero-order valence-corrected chi connectivity index (χ0v) is 25.4. The fourth-order valence-electron chi connectivity index (χ4n) is 5.21. The molecular formula is C35H47NO3. The molecular weight excluding hydrogens is 482 g/mol. The van der Waals surface area contributed by atoms with Gasteiger partial charge in [-0.3, -0.25) is 4.98 Å². The number of aromatic nitrogens is 1. The Morgan fingerprint density at radius 1 is 0.974 bits per heavy atom. The minimum Gasteiger partial charge on any atom is -0.487 e. The maximum Gasteiger partial charge on any atom is 0.345 e. The molecule has 1 aliphatic rings. The minimum atomic E-state index is -0.383. The van der Waals surface area contributed by atoms with Crippen molar-refractivity contribution >= 4 is 5.97 Å².